The predicted octanol–water partition coefficient (Wildman–Crippen LogP) is 2.04. The Balaban J connectivity index is 1.84. The molecule has 0 bridgehead atoms. The van der Waals surface area contributed by atoms with E-state index >= 15 is 0 Å². The Kier molecular flexibility index (Phi) is 6.77. The normalized spacial score (nSPS) is 11.8. The molecule has 7 nitrogen and oxygen atoms in total. The fourth-order valence-corrected chi connectivity index (χ4v) is 3.66. The Labute approximate surface area is 152 Å². The molecule has 2 N–H and O–H groups in total. The van der Waals surface area contributed by atoms with Gasteiger partial charge in [-0.05, 0) is 31.4 Å². The van der Waals surface area contributed by atoms with Crippen LogP contribution in [0.25, 0.3) is 0 Å². The van der Waals surface area contributed by atoms with Crippen molar-refractivity contribution in [3.8, 4) is 0 Å². The summed E-state index contributed by atoms with van der Waals surface area (Å²) >= 11 is 1.27. The molecule has 0 aliphatic heterocycles. The Morgan fingerprint density at radius 3 is 2.24 bits per heavy atom. The van der Waals surface area contributed by atoms with Gasteiger partial charge in [0.2, 0.25) is 16.9 Å². The van der Waals surface area contributed by atoms with Crippen molar-refractivity contribution in [1.82, 2.24) is 10.2 Å². The number of aryl methyl sites for hydroxylation is 3. The summed E-state index contributed by atoms with van der Waals surface area (Å²) in [5.41, 5.74) is 2.58. The van der Waals surface area contributed by atoms with Crippen LogP contribution in [0.4, 0.5) is 10.8 Å². The fourth-order valence-electron chi connectivity index (χ4n) is 2.13. The van der Waals surface area contributed by atoms with Crippen molar-refractivity contribution in [2.24, 2.45) is 0 Å². The van der Waals surface area contributed by atoms with Crippen molar-refractivity contribution < 1.29 is 13.8 Å². The van der Waals surface area contributed by atoms with Crippen molar-refractivity contribution in [2.75, 3.05) is 22.1 Å². The Morgan fingerprint density at radius 1 is 1.08 bits per heavy atom. The van der Waals surface area contributed by atoms with E-state index in [1.165, 1.54) is 11.3 Å². The van der Waals surface area contributed by atoms with Crippen LogP contribution in [0.15, 0.2) is 18.2 Å². The summed E-state index contributed by atoms with van der Waals surface area (Å²) in [6.07, 6.45) is 0.734. The second-order valence-corrected chi connectivity index (χ2v) is 7.97. The molecule has 0 unspecified atom stereocenters. The minimum Gasteiger partial charge on any atom is -0.325 e. The number of aromatic nitrogens is 2. The maximum Gasteiger partial charge on any atom is 0.238 e. The number of hydrogen-bond donors (Lipinski definition) is 2. The van der Waals surface area contributed by atoms with Crippen molar-refractivity contribution >= 4 is 44.8 Å². The van der Waals surface area contributed by atoms with Gasteiger partial charge in [-0.15, -0.1) is 10.2 Å². The molecule has 1 heterocycles. The molecule has 25 heavy (non-hydrogen) atoms. The molecule has 0 saturated heterocycles. The van der Waals surface area contributed by atoms with E-state index in [9.17, 15) is 13.8 Å². The van der Waals surface area contributed by atoms with Gasteiger partial charge in [0.05, 0.1) is 0 Å². The van der Waals surface area contributed by atoms with E-state index in [-0.39, 0.29) is 17.4 Å². The quantitative estimate of drug-likeness (QED) is 0.765. The highest BCUT2D eigenvalue weighted by Crippen LogP contribution is 2.19. The summed E-state index contributed by atoms with van der Waals surface area (Å²) in [6.45, 7) is 5.72. The summed E-state index contributed by atoms with van der Waals surface area (Å²) in [4.78, 5) is 23.9. The zero-order chi connectivity index (χ0) is 18.4. The number of rotatable bonds is 7. The average molecular weight is 380 g/mol. The summed E-state index contributed by atoms with van der Waals surface area (Å²) in [6, 6.07) is 5.68. The molecule has 9 heteroatoms. The molecular formula is C16H20N4O3S2. The van der Waals surface area contributed by atoms with Crippen LogP contribution < -0.4 is 10.6 Å². The molecule has 2 rings (SSSR count). The Bertz CT molecular complexity index is 784. The van der Waals surface area contributed by atoms with Crippen molar-refractivity contribution in [1.29, 1.82) is 0 Å². The summed E-state index contributed by atoms with van der Waals surface area (Å²) in [7, 11) is -1.60. The lowest BCUT2D eigenvalue weighted by molar-refractivity contribution is -0.114. The number of carbonyl (C=O) groups excluding carboxylic acids is 2. The molecule has 0 fully saturated rings. The van der Waals surface area contributed by atoms with Gasteiger partial charge < -0.3 is 5.32 Å². The number of anilines is 2. The van der Waals surface area contributed by atoms with Gasteiger partial charge in [0.25, 0.3) is 0 Å². The van der Waals surface area contributed by atoms with E-state index in [1.54, 1.807) is 0 Å². The number of para-hydroxylation sites is 1. The van der Waals surface area contributed by atoms with E-state index < -0.39 is 16.7 Å². The topological polar surface area (TPSA) is 101 Å². The lowest BCUT2D eigenvalue weighted by atomic mass is 10.1. The second-order valence-electron chi connectivity index (χ2n) is 5.45. The van der Waals surface area contributed by atoms with E-state index in [4.69, 9.17) is 0 Å². The van der Waals surface area contributed by atoms with Gasteiger partial charge in [0.1, 0.15) is 16.5 Å². The van der Waals surface area contributed by atoms with Gasteiger partial charge in [-0.2, -0.15) is 0 Å². The van der Waals surface area contributed by atoms with Gasteiger partial charge in [0, 0.05) is 16.5 Å². The van der Waals surface area contributed by atoms with Gasteiger partial charge in [-0.25, -0.2) is 0 Å². The molecule has 134 valence electrons. The first-order valence-electron chi connectivity index (χ1n) is 7.72. The Hall–Kier alpha value is -2.13. The molecule has 1 aromatic carbocycles. The lowest BCUT2D eigenvalue weighted by Gasteiger charge is -2.11. The number of nitrogens with one attached hydrogen (secondary N) is 2. The maximum atomic E-state index is 12.1. The first kappa shape index (κ1) is 19.2. The zero-order valence-corrected chi connectivity index (χ0v) is 15.9. The third-order valence-corrected chi connectivity index (χ3v) is 5.50. The molecule has 1 aromatic heterocycles. The van der Waals surface area contributed by atoms with Crippen molar-refractivity contribution in [3.05, 3.63) is 34.3 Å². The molecule has 0 aliphatic carbocycles. The van der Waals surface area contributed by atoms with Crippen LogP contribution >= 0.6 is 11.3 Å². The van der Waals surface area contributed by atoms with E-state index in [0.29, 0.717) is 5.13 Å². The molecule has 2 amide bonds. The van der Waals surface area contributed by atoms with Crippen molar-refractivity contribution in [3.63, 3.8) is 0 Å². The smallest absolute Gasteiger partial charge is 0.238 e. The molecule has 2 aromatic rings. The Morgan fingerprint density at radius 2 is 1.68 bits per heavy atom. The second kappa shape index (κ2) is 8.82. The van der Waals surface area contributed by atoms with Crippen LogP contribution in [0.5, 0.6) is 0 Å². The third kappa shape index (κ3) is 5.71. The van der Waals surface area contributed by atoms with Gasteiger partial charge >= 0.3 is 0 Å². The minimum absolute atomic E-state index is 0.239. The first-order chi connectivity index (χ1) is 11.9. The van der Waals surface area contributed by atoms with Gasteiger partial charge in [0.15, 0.2) is 0 Å². The molecule has 0 radical (unpaired) electrons. The third-order valence-electron chi connectivity index (χ3n) is 3.35. The molecule has 0 aliphatic rings. The monoisotopic (exact) mass is 380 g/mol. The number of nitrogens with zero attached hydrogens (tertiary/aromatic N) is 2. The predicted molar refractivity (Wildman–Crippen MR) is 100 cm³/mol. The molecule has 0 spiro atoms. The number of carbonyl (C=O) groups is 2. The van der Waals surface area contributed by atoms with Gasteiger partial charge in [-0.3, -0.25) is 19.1 Å². The average Bonchev–Trinajstić information content (AvgIpc) is 2.98. The summed E-state index contributed by atoms with van der Waals surface area (Å²) in [5.74, 6) is -1.33. The van der Waals surface area contributed by atoms with Crippen LogP contribution in [0.3, 0.4) is 0 Å². The highest BCUT2D eigenvalue weighted by atomic mass is 32.2. The largest absolute Gasteiger partial charge is 0.325 e. The number of amides is 2. The maximum absolute atomic E-state index is 12.1. The standard InChI is InChI=1S/C16H20N4O3S2/c1-4-14-19-20-16(24-14)18-13(22)9-25(23)8-12(21)17-15-10(2)6-5-7-11(15)3/h5-7H,4,8-9H2,1-3H3,(H,17,21)(H,18,20,22)/t25-/m0/s1. The minimum atomic E-state index is -1.60. The lowest BCUT2D eigenvalue weighted by Crippen LogP contribution is -2.26. The number of hydrogen-bond acceptors (Lipinski definition) is 6. The highest BCUT2D eigenvalue weighted by molar-refractivity contribution is 7.86. The fraction of sp³-hybridized carbons (Fsp3) is 0.375. The first-order valence-corrected chi connectivity index (χ1v) is 10.0. The summed E-state index contributed by atoms with van der Waals surface area (Å²) in [5, 5.41) is 14.2. The zero-order valence-electron chi connectivity index (χ0n) is 14.3. The van der Waals surface area contributed by atoms with E-state index in [0.717, 1.165) is 28.2 Å². The van der Waals surface area contributed by atoms with E-state index in [2.05, 4.69) is 20.8 Å². The molecule has 0 saturated carbocycles. The SMILES string of the molecule is CCc1nnc(NC(=O)C[S@@](=O)CC(=O)Nc2c(C)cccc2C)s1. The van der Waals surface area contributed by atoms with Crippen LogP contribution in [-0.4, -0.2) is 37.7 Å². The summed E-state index contributed by atoms with van der Waals surface area (Å²) < 4.78 is 12.0. The van der Waals surface area contributed by atoms with Crippen LogP contribution in [0.2, 0.25) is 0 Å². The van der Waals surface area contributed by atoms with Crippen molar-refractivity contribution in [2.45, 2.75) is 27.2 Å². The molecular weight excluding hydrogens is 360 g/mol. The van der Waals surface area contributed by atoms with Gasteiger partial charge in [-0.1, -0.05) is 36.5 Å². The van der Waals surface area contributed by atoms with E-state index in [1.807, 2.05) is 39.0 Å². The molecule has 1 atom stereocenters. The van der Waals surface area contributed by atoms with Crippen LogP contribution in [-0.2, 0) is 26.8 Å². The van der Waals surface area contributed by atoms with Crippen LogP contribution in [0, 0.1) is 13.8 Å². The van der Waals surface area contributed by atoms with Crippen LogP contribution in [0.1, 0.15) is 23.1 Å². The number of benzene rings is 1. The highest BCUT2D eigenvalue weighted by Gasteiger charge is 2.15.